The van der Waals surface area contributed by atoms with Crippen molar-refractivity contribution >= 4 is 22.6 Å². The van der Waals surface area contributed by atoms with Crippen molar-refractivity contribution < 1.29 is 9.69 Å². The van der Waals surface area contributed by atoms with Crippen LogP contribution in [0, 0.1) is 0 Å². The van der Waals surface area contributed by atoms with E-state index in [2.05, 4.69) is 5.14 Å². The maximum Gasteiger partial charge on any atom is 0.327 e. The molecule has 0 spiro atoms. The Morgan fingerprint density at radius 2 is 2.25 bits per heavy atom. The standard InChI is InChI=1S/B3FH5N3O/c4-6-1-5-2-7(8)3-6/h1-3,5,8H. The maximum atomic E-state index is 12.0. The van der Waals surface area contributed by atoms with E-state index in [1.54, 1.807) is 0 Å². The molecular formula is H5B3FN3O. The lowest BCUT2D eigenvalue weighted by molar-refractivity contribution is 0.0665. The molecule has 0 radical (unpaired) electrons. The summed E-state index contributed by atoms with van der Waals surface area (Å²) in [5, 5.41) is 11.2. The van der Waals surface area contributed by atoms with Crippen LogP contribution in [-0.2, 0) is 0 Å². The van der Waals surface area contributed by atoms with Crippen LogP contribution in [0.1, 0.15) is 0 Å². The molecule has 8 heteroatoms. The Kier molecular flexibility index (Phi) is 1.90. The summed E-state index contributed by atoms with van der Waals surface area (Å²) >= 11 is 0. The van der Waals surface area contributed by atoms with Gasteiger partial charge in [-0.3, -0.25) is 0 Å². The molecule has 0 aromatic heterocycles. The second-order valence-electron chi connectivity index (χ2n) is 1.68. The minimum absolute atomic E-state index is 0.0347. The second kappa shape index (κ2) is 2.50. The molecule has 2 N–H and O–H groups in total. The molecule has 0 amide bonds. The number of nitrogens with one attached hydrogen (secondary N) is 1. The second-order valence-corrected chi connectivity index (χ2v) is 1.68. The van der Waals surface area contributed by atoms with Crippen LogP contribution >= 0.6 is 0 Å². The summed E-state index contributed by atoms with van der Waals surface area (Å²) in [6.07, 6.45) is 0. The van der Waals surface area contributed by atoms with Crippen LogP contribution in [0.5, 0.6) is 0 Å². The van der Waals surface area contributed by atoms with Gasteiger partial charge in [0, 0.05) is 0 Å². The van der Waals surface area contributed by atoms with E-state index in [1.807, 2.05) is 0 Å². The number of hydrogen-bond donors (Lipinski definition) is 2. The van der Waals surface area contributed by atoms with Crippen LogP contribution < -0.4 is 5.14 Å². The minimum Gasteiger partial charge on any atom is -0.374 e. The van der Waals surface area contributed by atoms with Crippen molar-refractivity contribution in [3.8, 4) is 0 Å². The average molecular weight is 114 g/mol. The molecule has 0 unspecified atom stereocenters. The first-order valence-electron chi connectivity index (χ1n) is 2.34. The minimum atomic E-state index is -0.0347. The van der Waals surface area contributed by atoms with Gasteiger partial charge in [-0.1, -0.05) is 0 Å². The molecule has 0 bridgehead atoms. The summed E-state index contributed by atoms with van der Waals surface area (Å²) < 4.78 is 12.0. The Morgan fingerprint density at radius 3 is 2.62 bits per heavy atom. The van der Waals surface area contributed by atoms with Gasteiger partial charge in [0.05, 0.1) is 0 Å². The first-order chi connectivity index (χ1) is 3.79. The molecule has 0 atom stereocenters. The van der Waals surface area contributed by atoms with Gasteiger partial charge >= 0.3 is 15.1 Å². The zero-order valence-corrected chi connectivity index (χ0v) is 4.34. The van der Waals surface area contributed by atoms with Crippen molar-refractivity contribution in [2.75, 3.05) is 0 Å². The lowest BCUT2D eigenvalue weighted by Gasteiger charge is -2.22. The Labute approximate surface area is 48.4 Å². The number of rotatable bonds is 0. The van der Waals surface area contributed by atoms with E-state index >= 15 is 0 Å². The van der Waals surface area contributed by atoms with Gasteiger partial charge < -0.3 is 10.3 Å². The van der Waals surface area contributed by atoms with Crippen LogP contribution in [0.2, 0.25) is 0 Å². The third kappa shape index (κ3) is 1.48. The molecule has 1 saturated heterocycles. The molecule has 1 aliphatic rings. The SMILES string of the molecule is ON1BNBN(F)B1. The van der Waals surface area contributed by atoms with Crippen LogP contribution in [0.15, 0.2) is 0 Å². The zero-order chi connectivity index (χ0) is 5.98. The van der Waals surface area contributed by atoms with Crippen LogP contribution in [0.4, 0.5) is 4.48 Å². The largest absolute Gasteiger partial charge is 0.374 e. The highest BCUT2D eigenvalue weighted by Gasteiger charge is 2.18. The Balaban J connectivity index is 2.23. The Morgan fingerprint density at radius 1 is 1.50 bits per heavy atom. The molecule has 1 heterocycles. The molecule has 0 aromatic rings. The molecule has 1 rings (SSSR count). The van der Waals surface area contributed by atoms with Crippen LogP contribution in [0.3, 0.4) is 0 Å². The third-order valence-electron chi connectivity index (χ3n) is 0.894. The van der Waals surface area contributed by atoms with E-state index in [9.17, 15) is 4.48 Å². The zero-order valence-electron chi connectivity index (χ0n) is 4.34. The summed E-state index contributed by atoms with van der Waals surface area (Å²) in [7, 11) is 0.491. The smallest absolute Gasteiger partial charge is 0.327 e. The van der Waals surface area contributed by atoms with Gasteiger partial charge in [0.25, 0.3) is 7.55 Å². The monoisotopic (exact) mass is 115 g/mol. The summed E-state index contributed by atoms with van der Waals surface area (Å²) in [5.74, 6) is 0. The first kappa shape index (κ1) is 6.09. The molecule has 42 valence electrons. The molecule has 0 saturated carbocycles. The van der Waals surface area contributed by atoms with Gasteiger partial charge in [-0.2, -0.15) is 4.48 Å². The molecular weight excluding hydrogens is 109 g/mol. The van der Waals surface area contributed by atoms with Crippen LogP contribution in [0.25, 0.3) is 0 Å². The molecule has 0 aromatic carbocycles. The summed E-state index contributed by atoms with van der Waals surface area (Å²) in [6, 6.07) is 0. The molecule has 0 aliphatic carbocycles. The summed E-state index contributed by atoms with van der Waals surface area (Å²) in [4.78, 5) is 1.33. The molecule has 4 nitrogen and oxygen atoms in total. The fourth-order valence-electron chi connectivity index (χ4n) is 0.578. The lowest BCUT2D eigenvalue weighted by atomic mass is 9.83. The van der Waals surface area contributed by atoms with Crippen molar-refractivity contribution in [3.63, 3.8) is 0 Å². The maximum absolute atomic E-state index is 12.0. The normalized spacial score (nSPS) is 23.2. The first-order valence-corrected chi connectivity index (χ1v) is 2.34. The van der Waals surface area contributed by atoms with Gasteiger partial charge in [-0.05, 0) is 0 Å². The van der Waals surface area contributed by atoms with Crippen molar-refractivity contribution in [3.05, 3.63) is 0 Å². The van der Waals surface area contributed by atoms with Gasteiger partial charge in [0.15, 0.2) is 0 Å². The third-order valence-corrected chi connectivity index (χ3v) is 0.894. The van der Waals surface area contributed by atoms with Gasteiger partial charge in [-0.25, -0.2) is 9.83 Å². The van der Waals surface area contributed by atoms with Crippen molar-refractivity contribution in [2.45, 2.75) is 0 Å². The van der Waals surface area contributed by atoms with E-state index in [4.69, 9.17) is 5.21 Å². The van der Waals surface area contributed by atoms with Crippen LogP contribution in [-0.4, -0.2) is 37.7 Å². The van der Waals surface area contributed by atoms with Gasteiger partial charge in [-0.15, -0.1) is 0 Å². The lowest BCUT2D eigenvalue weighted by Crippen LogP contribution is -2.55. The van der Waals surface area contributed by atoms with Gasteiger partial charge in [0.2, 0.25) is 0 Å². The average Bonchev–Trinajstić information content (AvgIpc) is 1.64. The predicted octanol–water partition coefficient (Wildman–Crippen LogP) is -2.73. The van der Waals surface area contributed by atoms with Crippen molar-refractivity contribution in [1.29, 1.82) is 0 Å². The van der Waals surface area contributed by atoms with E-state index in [-0.39, 0.29) is 15.1 Å². The Bertz CT molecular complexity index is 72.9. The highest BCUT2D eigenvalue weighted by molar-refractivity contribution is 6.63. The van der Waals surface area contributed by atoms with E-state index in [1.165, 1.54) is 0 Å². The molecule has 1 aliphatic heterocycles. The van der Waals surface area contributed by atoms with Crippen molar-refractivity contribution in [2.24, 2.45) is 0 Å². The Hall–Kier alpha value is -0.0352. The number of nitrogens with zero attached hydrogens (tertiary/aromatic N) is 2. The van der Waals surface area contributed by atoms with E-state index in [0.717, 1.165) is 4.89 Å². The predicted molar refractivity (Wildman–Crippen MR) is 31.2 cm³/mol. The van der Waals surface area contributed by atoms with Gasteiger partial charge in [0.1, 0.15) is 0 Å². The fourth-order valence-corrected chi connectivity index (χ4v) is 0.578. The number of hydrogen-bond acceptors (Lipinski definition) is 4. The summed E-state index contributed by atoms with van der Waals surface area (Å²) in [5.41, 5.74) is 0. The topological polar surface area (TPSA) is 38.7 Å². The molecule has 1 fully saturated rings. The highest BCUT2D eigenvalue weighted by atomic mass is 19.2. The van der Waals surface area contributed by atoms with E-state index in [0.29, 0.717) is 12.5 Å². The quantitative estimate of drug-likeness (QED) is 0.265. The molecule has 8 heavy (non-hydrogen) atoms. The van der Waals surface area contributed by atoms with Crippen molar-refractivity contribution in [1.82, 2.24) is 15.0 Å². The van der Waals surface area contributed by atoms with E-state index < -0.39 is 0 Å². The highest BCUT2D eigenvalue weighted by Crippen LogP contribution is 1.86. The number of halogens is 1. The fraction of sp³-hybridized carbons (Fsp3) is 0. The summed E-state index contributed by atoms with van der Waals surface area (Å²) in [6.45, 7) is 0.